The van der Waals surface area contributed by atoms with Crippen molar-refractivity contribution >= 4 is 15.9 Å². The maximum atomic E-state index is 5.47. The van der Waals surface area contributed by atoms with Crippen LogP contribution in [0.4, 0.5) is 0 Å². The highest BCUT2D eigenvalue weighted by Gasteiger charge is 2.01. The van der Waals surface area contributed by atoms with Crippen molar-refractivity contribution in [3.8, 4) is 5.75 Å². The standard InChI is InChI=1S/C10H13BrO2/c1-3-12-8(2)13-10-6-4-9(11)5-7-10/h4-8H,3H2,1-2H3/t8-/m0/s1. The molecule has 13 heavy (non-hydrogen) atoms. The van der Waals surface area contributed by atoms with Crippen LogP contribution in [0.1, 0.15) is 13.8 Å². The van der Waals surface area contributed by atoms with Gasteiger partial charge in [0.2, 0.25) is 0 Å². The van der Waals surface area contributed by atoms with E-state index in [-0.39, 0.29) is 6.29 Å². The molecule has 0 aromatic heterocycles. The second kappa shape index (κ2) is 5.25. The first-order chi connectivity index (χ1) is 6.22. The molecule has 0 unspecified atom stereocenters. The third-order valence-corrected chi connectivity index (χ3v) is 2.05. The molecule has 1 aromatic carbocycles. The average molecular weight is 245 g/mol. The molecule has 0 N–H and O–H groups in total. The summed E-state index contributed by atoms with van der Waals surface area (Å²) in [6.45, 7) is 4.49. The van der Waals surface area contributed by atoms with E-state index in [1.165, 1.54) is 0 Å². The zero-order chi connectivity index (χ0) is 9.68. The maximum absolute atomic E-state index is 5.47. The van der Waals surface area contributed by atoms with Gasteiger partial charge >= 0.3 is 0 Å². The van der Waals surface area contributed by atoms with E-state index in [1.54, 1.807) is 0 Å². The van der Waals surface area contributed by atoms with Crippen LogP contribution in [0, 0.1) is 0 Å². The maximum Gasteiger partial charge on any atom is 0.196 e. The Hall–Kier alpha value is -0.540. The van der Waals surface area contributed by atoms with E-state index in [2.05, 4.69) is 15.9 Å². The molecule has 0 aliphatic carbocycles. The molecule has 1 rings (SSSR count). The molecule has 0 aliphatic heterocycles. The van der Waals surface area contributed by atoms with Crippen LogP contribution in [0.25, 0.3) is 0 Å². The molecule has 0 aliphatic rings. The van der Waals surface area contributed by atoms with Gasteiger partial charge in [-0.1, -0.05) is 15.9 Å². The predicted molar refractivity (Wildman–Crippen MR) is 55.9 cm³/mol. The van der Waals surface area contributed by atoms with Gasteiger partial charge in [0.05, 0.1) is 0 Å². The lowest BCUT2D eigenvalue weighted by Gasteiger charge is -2.13. The topological polar surface area (TPSA) is 18.5 Å². The van der Waals surface area contributed by atoms with E-state index in [4.69, 9.17) is 9.47 Å². The first-order valence-corrected chi connectivity index (χ1v) is 5.05. The molecule has 2 nitrogen and oxygen atoms in total. The molecule has 0 fully saturated rings. The van der Waals surface area contributed by atoms with Gasteiger partial charge in [-0.05, 0) is 38.1 Å². The summed E-state index contributed by atoms with van der Waals surface area (Å²) in [6, 6.07) is 7.68. The van der Waals surface area contributed by atoms with Crippen LogP contribution >= 0.6 is 15.9 Å². The Bertz CT molecular complexity index is 246. The molecular formula is C10H13BrO2. The van der Waals surface area contributed by atoms with Crippen LogP contribution in [-0.2, 0) is 4.74 Å². The van der Waals surface area contributed by atoms with Gasteiger partial charge < -0.3 is 9.47 Å². The third-order valence-electron chi connectivity index (χ3n) is 1.52. The van der Waals surface area contributed by atoms with E-state index in [9.17, 15) is 0 Å². The molecule has 0 amide bonds. The molecule has 1 atom stereocenters. The van der Waals surface area contributed by atoms with Crippen LogP contribution < -0.4 is 4.74 Å². The second-order valence-electron chi connectivity index (χ2n) is 2.59. The molecule has 72 valence electrons. The minimum Gasteiger partial charge on any atom is -0.465 e. The third kappa shape index (κ3) is 3.79. The van der Waals surface area contributed by atoms with Gasteiger partial charge in [-0.2, -0.15) is 0 Å². The molecule has 1 aromatic rings. The highest BCUT2D eigenvalue weighted by molar-refractivity contribution is 9.10. The fourth-order valence-electron chi connectivity index (χ4n) is 0.974. The summed E-state index contributed by atoms with van der Waals surface area (Å²) in [5.41, 5.74) is 0. The zero-order valence-corrected chi connectivity index (χ0v) is 9.37. The molecule has 0 saturated carbocycles. The summed E-state index contributed by atoms with van der Waals surface area (Å²) in [5.74, 6) is 0.823. The lowest BCUT2D eigenvalue weighted by molar-refractivity contribution is -0.0613. The first kappa shape index (κ1) is 10.5. The van der Waals surface area contributed by atoms with Gasteiger partial charge in [0.15, 0.2) is 6.29 Å². The second-order valence-corrected chi connectivity index (χ2v) is 3.51. The van der Waals surface area contributed by atoms with Crippen LogP contribution in [0.2, 0.25) is 0 Å². The molecule has 0 spiro atoms. The summed E-state index contributed by atoms with van der Waals surface area (Å²) < 4.78 is 11.8. The van der Waals surface area contributed by atoms with Crippen molar-refractivity contribution in [2.24, 2.45) is 0 Å². The Morgan fingerprint density at radius 3 is 2.46 bits per heavy atom. The number of halogens is 1. The van der Waals surface area contributed by atoms with Gasteiger partial charge in [0.1, 0.15) is 5.75 Å². The molecule has 0 radical (unpaired) electrons. The highest BCUT2D eigenvalue weighted by Crippen LogP contribution is 2.17. The summed E-state index contributed by atoms with van der Waals surface area (Å²) in [5, 5.41) is 0. The molecule has 0 saturated heterocycles. The van der Waals surface area contributed by atoms with Gasteiger partial charge in [-0.25, -0.2) is 0 Å². The van der Waals surface area contributed by atoms with Crippen molar-refractivity contribution in [3.63, 3.8) is 0 Å². The fraction of sp³-hybridized carbons (Fsp3) is 0.400. The quantitative estimate of drug-likeness (QED) is 0.758. The minimum atomic E-state index is -0.189. The fourth-order valence-corrected chi connectivity index (χ4v) is 1.24. The largest absolute Gasteiger partial charge is 0.465 e. The number of rotatable bonds is 4. The molecular weight excluding hydrogens is 232 g/mol. The van der Waals surface area contributed by atoms with Crippen LogP contribution in [-0.4, -0.2) is 12.9 Å². The lowest BCUT2D eigenvalue weighted by Crippen LogP contribution is -2.15. The number of ether oxygens (including phenoxy) is 2. The van der Waals surface area contributed by atoms with Crippen molar-refractivity contribution in [1.29, 1.82) is 0 Å². The number of hydrogen-bond donors (Lipinski definition) is 0. The summed E-state index contributed by atoms with van der Waals surface area (Å²) >= 11 is 3.36. The number of hydrogen-bond acceptors (Lipinski definition) is 2. The van der Waals surface area contributed by atoms with E-state index >= 15 is 0 Å². The van der Waals surface area contributed by atoms with E-state index in [0.717, 1.165) is 10.2 Å². The molecule has 0 heterocycles. The monoisotopic (exact) mass is 244 g/mol. The van der Waals surface area contributed by atoms with Crippen molar-refractivity contribution < 1.29 is 9.47 Å². The average Bonchev–Trinajstić information content (AvgIpc) is 2.09. The van der Waals surface area contributed by atoms with Gasteiger partial charge in [-0.15, -0.1) is 0 Å². The van der Waals surface area contributed by atoms with Gasteiger partial charge in [0, 0.05) is 11.1 Å². The smallest absolute Gasteiger partial charge is 0.196 e. The zero-order valence-electron chi connectivity index (χ0n) is 7.79. The van der Waals surface area contributed by atoms with Gasteiger partial charge in [-0.3, -0.25) is 0 Å². The Morgan fingerprint density at radius 1 is 1.31 bits per heavy atom. The summed E-state index contributed by atoms with van der Waals surface area (Å²) in [4.78, 5) is 0. The number of benzene rings is 1. The summed E-state index contributed by atoms with van der Waals surface area (Å²) in [7, 11) is 0. The highest BCUT2D eigenvalue weighted by atomic mass is 79.9. The lowest BCUT2D eigenvalue weighted by atomic mass is 10.3. The van der Waals surface area contributed by atoms with Crippen molar-refractivity contribution in [2.75, 3.05) is 6.61 Å². The Balaban J connectivity index is 2.49. The van der Waals surface area contributed by atoms with Crippen LogP contribution in [0.5, 0.6) is 5.75 Å². The van der Waals surface area contributed by atoms with Crippen molar-refractivity contribution in [2.45, 2.75) is 20.1 Å². The molecule has 3 heteroatoms. The normalized spacial score (nSPS) is 12.5. The Morgan fingerprint density at radius 2 is 1.92 bits per heavy atom. The molecule has 0 bridgehead atoms. The first-order valence-electron chi connectivity index (χ1n) is 4.26. The Kier molecular flexibility index (Phi) is 4.25. The van der Waals surface area contributed by atoms with E-state index in [0.29, 0.717) is 6.61 Å². The van der Waals surface area contributed by atoms with Crippen LogP contribution in [0.15, 0.2) is 28.7 Å². The van der Waals surface area contributed by atoms with Crippen molar-refractivity contribution in [1.82, 2.24) is 0 Å². The SMILES string of the molecule is CCO[C@H](C)Oc1ccc(Br)cc1. The van der Waals surface area contributed by atoms with Gasteiger partial charge in [0.25, 0.3) is 0 Å². The Labute approximate surface area is 87.0 Å². The van der Waals surface area contributed by atoms with Crippen molar-refractivity contribution in [3.05, 3.63) is 28.7 Å². The van der Waals surface area contributed by atoms with E-state index in [1.807, 2.05) is 38.1 Å². The van der Waals surface area contributed by atoms with Crippen LogP contribution in [0.3, 0.4) is 0 Å². The summed E-state index contributed by atoms with van der Waals surface area (Å²) in [6.07, 6.45) is -0.189. The minimum absolute atomic E-state index is 0.189. The predicted octanol–water partition coefficient (Wildman–Crippen LogP) is 3.21. The van der Waals surface area contributed by atoms with E-state index < -0.39 is 0 Å².